The summed E-state index contributed by atoms with van der Waals surface area (Å²) in [6.45, 7) is 3.31. The minimum Gasteiger partial charge on any atom is -0.492 e. The lowest BCUT2D eigenvalue weighted by atomic mass is 10.0. The number of alkyl halides is 6. The molecular formula is C27H29ClF6N2O5. The fourth-order valence-corrected chi connectivity index (χ4v) is 5.00. The lowest BCUT2D eigenvalue weighted by Gasteiger charge is -2.22. The number of piperidine rings is 1. The van der Waals surface area contributed by atoms with E-state index in [9.17, 15) is 41.0 Å². The van der Waals surface area contributed by atoms with Gasteiger partial charge in [0.1, 0.15) is 12.4 Å². The molecule has 0 spiro atoms. The molecule has 14 heteroatoms. The number of likely N-dealkylation sites (tertiary alicyclic amines) is 1. The number of carbonyl (C=O) groups is 2. The van der Waals surface area contributed by atoms with Crippen LogP contribution in [0.5, 0.6) is 5.75 Å². The molecule has 1 unspecified atom stereocenters. The van der Waals surface area contributed by atoms with Crippen molar-refractivity contribution in [1.29, 1.82) is 0 Å². The van der Waals surface area contributed by atoms with Crippen molar-refractivity contribution in [3.8, 4) is 5.75 Å². The van der Waals surface area contributed by atoms with Crippen molar-refractivity contribution in [3.63, 3.8) is 0 Å². The van der Waals surface area contributed by atoms with Gasteiger partial charge in [-0.15, -0.1) is 12.4 Å². The summed E-state index contributed by atoms with van der Waals surface area (Å²) in [6, 6.07) is 7.99. The summed E-state index contributed by atoms with van der Waals surface area (Å²) in [5.41, 5.74) is -2.88. The zero-order valence-corrected chi connectivity index (χ0v) is 22.6. The van der Waals surface area contributed by atoms with Gasteiger partial charge < -0.3 is 24.8 Å². The van der Waals surface area contributed by atoms with Gasteiger partial charge in [0, 0.05) is 44.3 Å². The monoisotopic (exact) mass is 610 g/mol. The Morgan fingerprint density at radius 1 is 1.00 bits per heavy atom. The van der Waals surface area contributed by atoms with E-state index in [1.54, 1.807) is 31.2 Å². The summed E-state index contributed by atoms with van der Waals surface area (Å²) in [4.78, 5) is 25.3. The highest BCUT2D eigenvalue weighted by atomic mass is 35.5. The van der Waals surface area contributed by atoms with Crippen molar-refractivity contribution < 1.29 is 50.5 Å². The molecule has 0 aromatic heterocycles. The molecule has 1 saturated heterocycles. The number of halogens is 7. The largest absolute Gasteiger partial charge is 0.492 e. The molecule has 2 aliphatic rings. The maximum Gasteiger partial charge on any atom is 0.416 e. The van der Waals surface area contributed by atoms with Crippen LogP contribution in [0.1, 0.15) is 34.0 Å². The normalized spacial score (nSPS) is 20.7. The van der Waals surface area contributed by atoms with Crippen LogP contribution in [-0.4, -0.2) is 66.9 Å². The zero-order valence-electron chi connectivity index (χ0n) is 21.8. The van der Waals surface area contributed by atoms with Gasteiger partial charge in [-0.2, -0.15) is 26.3 Å². The first-order chi connectivity index (χ1) is 18.8. The lowest BCUT2D eigenvalue weighted by molar-refractivity contribution is -0.150. The number of ether oxygens (including phenoxy) is 2. The molecule has 0 bridgehead atoms. The van der Waals surface area contributed by atoms with E-state index in [2.05, 4.69) is 5.32 Å². The number of hydrogen-bond donors (Lipinski definition) is 2. The Balaban J connectivity index is 0.00000462. The Labute approximate surface area is 238 Å². The third-order valence-corrected chi connectivity index (χ3v) is 7.05. The molecule has 41 heavy (non-hydrogen) atoms. The van der Waals surface area contributed by atoms with Gasteiger partial charge in [-0.3, -0.25) is 4.79 Å². The maximum absolute atomic E-state index is 13.1. The topological polar surface area (TPSA) is 88.1 Å². The van der Waals surface area contributed by atoms with Gasteiger partial charge in [0.05, 0.1) is 11.1 Å². The number of carboxylic acid groups (broad SMARTS) is 1. The van der Waals surface area contributed by atoms with Gasteiger partial charge in [-0.05, 0) is 54.7 Å². The lowest BCUT2D eigenvalue weighted by Crippen LogP contribution is -2.36. The van der Waals surface area contributed by atoms with Crippen molar-refractivity contribution in [3.05, 3.63) is 64.7 Å². The third kappa shape index (κ3) is 8.04. The third-order valence-electron chi connectivity index (χ3n) is 7.05. The minimum atomic E-state index is -5.02. The number of hydrogen-bond acceptors (Lipinski definition) is 5. The van der Waals surface area contributed by atoms with Crippen molar-refractivity contribution in [2.45, 2.75) is 37.8 Å². The van der Waals surface area contributed by atoms with Crippen LogP contribution in [0.2, 0.25) is 0 Å². The Bertz CT molecular complexity index is 1180. The minimum absolute atomic E-state index is 0. The van der Waals surface area contributed by atoms with Gasteiger partial charge in [-0.25, -0.2) is 4.79 Å². The molecule has 0 radical (unpaired) electrons. The second-order valence-corrected chi connectivity index (χ2v) is 9.79. The van der Waals surface area contributed by atoms with E-state index in [-0.39, 0.29) is 55.9 Å². The molecule has 1 amide bonds. The summed E-state index contributed by atoms with van der Waals surface area (Å²) in [5.74, 6) is -1.17. The van der Waals surface area contributed by atoms with Gasteiger partial charge >= 0.3 is 18.3 Å². The van der Waals surface area contributed by atoms with Crippen molar-refractivity contribution >= 4 is 24.3 Å². The van der Waals surface area contributed by atoms with Crippen LogP contribution in [-0.2, 0) is 28.3 Å². The van der Waals surface area contributed by atoms with Crippen LogP contribution >= 0.6 is 12.4 Å². The van der Waals surface area contributed by atoms with Gasteiger partial charge in [-0.1, -0.05) is 12.1 Å². The highest BCUT2D eigenvalue weighted by Crippen LogP contribution is 2.46. The van der Waals surface area contributed by atoms with Gasteiger partial charge in [0.15, 0.2) is 6.10 Å². The number of nitrogens with one attached hydrogen (secondary N) is 1. The molecule has 4 atom stereocenters. The smallest absolute Gasteiger partial charge is 0.416 e. The fraction of sp³-hybridized carbons (Fsp3) is 0.481. The predicted molar refractivity (Wildman–Crippen MR) is 137 cm³/mol. The standard InChI is InChI=1S/C27H28F6N2O5.ClH/c1-2-39-22(25(37)38)9-15-3-5-19(6-4-15)40-8-7-34-23-20-13-35(14-21(20)23)24(36)16-10-17(26(28,29)30)12-18(11-16)27(31,32)33;/h3-6,10-12,20-23,34H,2,7-9,13-14H2,1H3,(H,37,38);1H/t20-,21?,22-,23+;/m0./s1. The van der Waals surface area contributed by atoms with Crippen LogP contribution in [0.25, 0.3) is 0 Å². The van der Waals surface area contributed by atoms with Crippen LogP contribution in [0.4, 0.5) is 26.3 Å². The van der Waals surface area contributed by atoms with Gasteiger partial charge in [0.2, 0.25) is 0 Å². The summed E-state index contributed by atoms with van der Waals surface area (Å²) in [7, 11) is 0. The number of amides is 1. The van der Waals surface area contributed by atoms with Crippen LogP contribution in [0.15, 0.2) is 42.5 Å². The first-order valence-electron chi connectivity index (χ1n) is 12.7. The Morgan fingerprint density at radius 2 is 1.56 bits per heavy atom. The maximum atomic E-state index is 13.1. The van der Waals surface area contributed by atoms with E-state index in [1.807, 2.05) is 0 Å². The molecule has 2 N–H and O–H groups in total. The van der Waals surface area contributed by atoms with Crippen LogP contribution < -0.4 is 10.1 Å². The molecule has 2 aromatic carbocycles. The molecule has 1 aliphatic heterocycles. The summed E-state index contributed by atoms with van der Waals surface area (Å²) in [6.07, 6.45) is -10.7. The Kier molecular flexibility index (Phi) is 10.2. The first kappa shape index (κ1) is 32.5. The SMILES string of the molecule is CCO[C@@H](Cc1ccc(OCCN[C@H]2C3CN(C(=O)c4cc(C(F)(F)F)cc(C(F)(F)F)c4)C[C@@H]32)cc1)C(=O)O.Cl. The molecular weight excluding hydrogens is 582 g/mol. The summed E-state index contributed by atoms with van der Waals surface area (Å²) < 4.78 is 89.7. The number of aliphatic carboxylic acids is 1. The number of rotatable bonds is 11. The summed E-state index contributed by atoms with van der Waals surface area (Å²) >= 11 is 0. The second kappa shape index (κ2) is 12.9. The zero-order chi connectivity index (χ0) is 29.2. The number of fused-ring (bicyclic) bond motifs is 1. The highest BCUT2D eigenvalue weighted by Gasteiger charge is 2.56. The quantitative estimate of drug-likeness (QED) is 0.278. The van der Waals surface area contributed by atoms with E-state index in [0.717, 1.165) is 5.56 Å². The molecule has 226 valence electrons. The van der Waals surface area contributed by atoms with E-state index in [0.29, 0.717) is 37.6 Å². The molecule has 1 aliphatic carbocycles. The second-order valence-electron chi connectivity index (χ2n) is 9.79. The van der Waals surface area contributed by atoms with E-state index >= 15 is 0 Å². The average molecular weight is 611 g/mol. The number of carboxylic acids is 1. The highest BCUT2D eigenvalue weighted by molar-refractivity contribution is 5.95. The number of benzene rings is 2. The van der Waals surface area contributed by atoms with Gasteiger partial charge in [0.25, 0.3) is 5.91 Å². The Hall–Kier alpha value is -3.03. The Morgan fingerprint density at radius 3 is 2.05 bits per heavy atom. The molecule has 7 nitrogen and oxygen atoms in total. The molecule has 1 heterocycles. The molecule has 4 rings (SSSR count). The molecule has 2 fully saturated rings. The number of nitrogens with zero attached hydrogens (tertiary/aromatic N) is 1. The van der Waals surface area contributed by atoms with Crippen LogP contribution in [0.3, 0.4) is 0 Å². The average Bonchev–Trinajstić information content (AvgIpc) is 3.32. The molecule has 1 saturated carbocycles. The van der Waals surface area contributed by atoms with Crippen molar-refractivity contribution in [2.75, 3.05) is 32.8 Å². The number of carbonyl (C=O) groups excluding carboxylic acids is 1. The van der Waals surface area contributed by atoms with E-state index in [1.165, 1.54) is 4.90 Å². The fourth-order valence-electron chi connectivity index (χ4n) is 5.00. The first-order valence-corrected chi connectivity index (χ1v) is 12.7. The predicted octanol–water partition coefficient (Wildman–Crippen LogP) is 4.92. The van der Waals surface area contributed by atoms with Crippen molar-refractivity contribution in [2.24, 2.45) is 11.8 Å². The van der Waals surface area contributed by atoms with Crippen molar-refractivity contribution in [1.82, 2.24) is 10.2 Å². The van der Waals surface area contributed by atoms with E-state index in [4.69, 9.17) is 9.47 Å². The summed E-state index contributed by atoms with van der Waals surface area (Å²) in [5, 5.41) is 12.5. The molecule has 2 aromatic rings. The van der Waals surface area contributed by atoms with Crippen LogP contribution in [0, 0.1) is 11.8 Å². The van der Waals surface area contributed by atoms with E-state index < -0.39 is 47.0 Å².